The molecule has 0 N–H and O–H groups in total. The lowest BCUT2D eigenvalue weighted by Crippen LogP contribution is -1.88. The molecular formula is C10H7NO3S. The molecule has 0 aliphatic heterocycles. The van der Waals surface area contributed by atoms with E-state index in [1.807, 2.05) is 18.2 Å². The van der Waals surface area contributed by atoms with Crippen molar-refractivity contribution < 1.29 is 9.66 Å². The molecule has 0 aliphatic carbocycles. The molecule has 15 heavy (non-hydrogen) atoms. The van der Waals surface area contributed by atoms with Crippen molar-refractivity contribution in [2.45, 2.75) is 0 Å². The van der Waals surface area contributed by atoms with E-state index in [2.05, 4.69) is 0 Å². The van der Waals surface area contributed by atoms with Gasteiger partial charge in [0, 0.05) is 5.38 Å². The summed E-state index contributed by atoms with van der Waals surface area (Å²) in [6.45, 7) is 0. The molecule has 0 aliphatic rings. The normalized spacial score (nSPS) is 9.87. The molecule has 0 bridgehead atoms. The monoisotopic (exact) mass is 221 g/mol. The van der Waals surface area contributed by atoms with Crippen LogP contribution in [0.5, 0.6) is 11.5 Å². The number of benzene rings is 1. The molecule has 0 saturated heterocycles. The van der Waals surface area contributed by atoms with Crippen LogP contribution in [0.15, 0.2) is 41.8 Å². The Balaban J connectivity index is 2.25. The predicted molar refractivity (Wildman–Crippen MR) is 57.5 cm³/mol. The van der Waals surface area contributed by atoms with Crippen molar-refractivity contribution in [2.24, 2.45) is 0 Å². The molecule has 4 nitrogen and oxygen atoms in total. The second-order valence-corrected chi connectivity index (χ2v) is 3.66. The summed E-state index contributed by atoms with van der Waals surface area (Å²) in [5.41, 5.74) is 0. The van der Waals surface area contributed by atoms with Gasteiger partial charge >= 0.3 is 5.00 Å². The molecule has 0 radical (unpaired) electrons. The highest BCUT2D eigenvalue weighted by Gasteiger charge is 2.17. The highest BCUT2D eigenvalue weighted by molar-refractivity contribution is 7.13. The van der Waals surface area contributed by atoms with Crippen LogP contribution in [-0.2, 0) is 0 Å². The highest BCUT2D eigenvalue weighted by atomic mass is 32.1. The molecule has 1 heterocycles. The fourth-order valence-corrected chi connectivity index (χ4v) is 1.75. The molecule has 1 aromatic heterocycles. The fraction of sp³-hybridized carbons (Fsp3) is 0. The zero-order valence-electron chi connectivity index (χ0n) is 7.62. The summed E-state index contributed by atoms with van der Waals surface area (Å²) in [7, 11) is 0. The molecule has 0 fully saturated rings. The highest BCUT2D eigenvalue weighted by Crippen LogP contribution is 2.35. The quantitative estimate of drug-likeness (QED) is 0.589. The largest absolute Gasteiger partial charge is 0.449 e. The molecule has 0 amide bonds. The molecule has 2 rings (SSSR count). The third kappa shape index (κ3) is 2.13. The van der Waals surface area contributed by atoms with Crippen molar-refractivity contribution in [3.05, 3.63) is 51.9 Å². The van der Waals surface area contributed by atoms with E-state index < -0.39 is 4.92 Å². The summed E-state index contributed by atoms with van der Waals surface area (Å²) < 4.78 is 5.38. The molecular weight excluding hydrogens is 214 g/mol. The first-order valence-electron chi connectivity index (χ1n) is 4.22. The second-order valence-electron chi connectivity index (χ2n) is 2.76. The molecule has 5 heteroatoms. The van der Waals surface area contributed by atoms with Crippen LogP contribution in [-0.4, -0.2) is 4.92 Å². The van der Waals surface area contributed by atoms with E-state index in [1.165, 1.54) is 0 Å². The molecule has 0 atom stereocenters. The molecule has 76 valence electrons. The number of nitrogens with zero attached hydrogens (tertiary/aromatic N) is 1. The van der Waals surface area contributed by atoms with Crippen LogP contribution in [0.4, 0.5) is 5.00 Å². The summed E-state index contributed by atoms with van der Waals surface area (Å²) in [6, 6.07) is 10.6. The molecule has 1 aromatic carbocycles. The van der Waals surface area contributed by atoms with Crippen molar-refractivity contribution in [1.82, 2.24) is 0 Å². The van der Waals surface area contributed by atoms with Gasteiger partial charge in [-0.3, -0.25) is 10.1 Å². The maximum atomic E-state index is 10.6. The van der Waals surface area contributed by atoms with Gasteiger partial charge in [-0.2, -0.15) is 0 Å². The number of para-hydroxylation sites is 1. The van der Waals surface area contributed by atoms with Crippen LogP contribution in [0.3, 0.4) is 0 Å². The Hall–Kier alpha value is -1.88. The number of thiophene rings is 1. The standard InChI is InChI=1S/C10H7NO3S/c12-11(13)10-9(6-7-15-10)14-8-4-2-1-3-5-8/h1-7H. The first-order valence-corrected chi connectivity index (χ1v) is 5.10. The van der Waals surface area contributed by atoms with Crippen molar-refractivity contribution >= 4 is 16.3 Å². The van der Waals surface area contributed by atoms with Crippen LogP contribution in [0.2, 0.25) is 0 Å². The van der Waals surface area contributed by atoms with Crippen LogP contribution in [0.1, 0.15) is 0 Å². The van der Waals surface area contributed by atoms with Gasteiger partial charge in [-0.15, -0.1) is 0 Å². The van der Waals surface area contributed by atoms with E-state index in [0.29, 0.717) is 5.75 Å². The maximum absolute atomic E-state index is 10.6. The van der Waals surface area contributed by atoms with Crippen LogP contribution >= 0.6 is 11.3 Å². The average Bonchev–Trinajstić information content (AvgIpc) is 2.67. The van der Waals surface area contributed by atoms with Crippen LogP contribution < -0.4 is 4.74 Å². The van der Waals surface area contributed by atoms with Gasteiger partial charge < -0.3 is 4.74 Å². The zero-order chi connectivity index (χ0) is 10.7. The Morgan fingerprint density at radius 1 is 1.20 bits per heavy atom. The van der Waals surface area contributed by atoms with Gasteiger partial charge in [0.25, 0.3) is 0 Å². The van der Waals surface area contributed by atoms with Crippen LogP contribution in [0, 0.1) is 10.1 Å². The third-order valence-corrected chi connectivity index (χ3v) is 2.59. The second kappa shape index (κ2) is 4.10. The topological polar surface area (TPSA) is 52.4 Å². The number of rotatable bonds is 3. The van der Waals surface area contributed by atoms with E-state index in [1.54, 1.807) is 23.6 Å². The maximum Gasteiger partial charge on any atom is 0.366 e. The van der Waals surface area contributed by atoms with E-state index >= 15 is 0 Å². The molecule has 2 aromatic rings. The summed E-state index contributed by atoms with van der Waals surface area (Å²) in [6.07, 6.45) is 0. The van der Waals surface area contributed by atoms with Gasteiger partial charge in [0.15, 0.2) is 0 Å². The average molecular weight is 221 g/mol. The van der Waals surface area contributed by atoms with E-state index in [9.17, 15) is 10.1 Å². The van der Waals surface area contributed by atoms with Gasteiger partial charge in [-0.25, -0.2) is 0 Å². The van der Waals surface area contributed by atoms with Crippen LogP contribution in [0.25, 0.3) is 0 Å². The van der Waals surface area contributed by atoms with Gasteiger partial charge in [0.05, 0.1) is 4.92 Å². The van der Waals surface area contributed by atoms with Gasteiger partial charge in [0.2, 0.25) is 5.75 Å². The lowest BCUT2D eigenvalue weighted by Gasteiger charge is -2.01. The van der Waals surface area contributed by atoms with Gasteiger partial charge in [-0.1, -0.05) is 29.5 Å². The van der Waals surface area contributed by atoms with Gasteiger partial charge in [0.1, 0.15) is 5.75 Å². The van der Waals surface area contributed by atoms with E-state index in [4.69, 9.17) is 4.74 Å². The smallest absolute Gasteiger partial charge is 0.366 e. The Bertz CT molecular complexity index is 467. The number of hydrogen-bond acceptors (Lipinski definition) is 4. The summed E-state index contributed by atoms with van der Waals surface area (Å²) in [5.74, 6) is 0.884. The Morgan fingerprint density at radius 2 is 1.93 bits per heavy atom. The molecule has 0 spiro atoms. The van der Waals surface area contributed by atoms with Crippen molar-refractivity contribution in [2.75, 3.05) is 0 Å². The van der Waals surface area contributed by atoms with E-state index in [-0.39, 0.29) is 10.8 Å². The third-order valence-electron chi connectivity index (χ3n) is 1.75. The Labute approximate surface area is 89.9 Å². The number of hydrogen-bond donors (Lipinski definition) is 0. The minimum absolute atomic E-state index is 0.0267. The van der Waals surface area contributed by atoms with E-state index in [0.717, 1.165) is 11.3 Å². The Kier molecular flexibility index (Phi) is 2.64. The molecule has 0 unspecified atom stereocenters. The van der Waals surface area contributed by atoms with Crippen molar-refractivity contribution in [3.63, 3.8) is 0 Å². The lowest BCUT2D eigenvalue weighted by molar-refractivity contribution is -0.380. The first kappa shape index (κ1) is 9.67. The zero-order valence-corrected chi connectivity index (χ0v) is 8.44. The first-order chi connectivity index (χ1) is 7.27. The SMILES string of the molecule is O=[N+]([O-])c1sccc1Oc1ccccc1. The summed E-state index contributed by atoms with van der Waals surface area (Å²) in [4.78, 5) is 10.2. The lowest BCUT2D eigenvalue weighted by atomic mass is 10.3. The number of nitro groups is 1. The van der Waals surface area contributed by atoms with Crippen molar-refractivity contribution in [1.29, 1.82) is 0 Å². The van der Waals surface area contributed by atoms with Gasteiger partial charge in [-0.05, 0) is 18.2 Å². The predicted octanol–water partition coefficient (Wildman–Crippen LogP) is 3.45. The summed E-state index contributed by atoms with van der Waals surface area (Å²) >= 11 is 1.05. The van der Waals surface area contributed by atoms with Crippen molar-refractivity contribution in [3.8, 4) is 11.5 Å². The minimum Gasteiger partial charge on any atom is -0.449 e. The minimum atomic E-state index is -0.442. The summed E-state index contributed by atoms with van der Waals surface area (Å²) in [5, 5.41) is 12.3. The Morgan fingerprint density at radius 3 is 2.60 bits per heavy atom. The fourth-order valence-electron chi connectivity index (χ4n) is 1.12. The molecule has 0 saturated carbocycles. The number of ether oxygens (including phenoxy) is 1.